The van der Waals surface area contributed by atoms with E-state index in [1.807, 2.05) is 0 Å². The van der Waals surface area contributed by atoms with Crippen LogP contribution in [0.1, 0.15) is 65.2 Å². The molecule has 0 saturated heterocycles. The topological polar surface area (TPSA) is 20.2 Å². The van der Waals surface area contributed by atoms with Crippen LogP contribution in [0.25, 0.3) is 0 Å². The molecule has 98 valence electrons. The van der Waals surface area contributed by atoms with E-state index in [0.29, 0.717) is 12.0 Å². The number of aliphatic hydroxyl groups is 1. The smallest absolute Gasteiger partial charge is 0.0482 e. The Hall–Kier alpha value is -0.0400. The molecule has 0 aromatic carbocycles. The second-order valence-corrected chi connectivity index (χ2v) is 8.24. The molecule has 1 nitrogen and oxygen atoms in total. The Balaban J connectivity index is 1.66. The number of aliphatic hydroxyl groups excluding tert-OH is 1. The fourth-order valence-electron chi connectivity index (χ4n) is 5.28. The predicted molar refractivity (Wildman–Crippen MR) is 70.7 cm³/mol. The molecule has 17 heavy (non-hydrogen) atoms. The van der Waals surface area contributed by atoms with Gasteiger partial charge in [-0.3, -0.25) is 0 Å². The molecule has 0 atom stereocenters. The first-order valence-electron chi connectivity index (χ1n) is 7.61. The molecule has 0 amide bonds. The molecular formula is C16H28O. The molecule has 4 fully saturated rings. The van der Waals surface area contributed by atoms with Gasteiger partial charge in [0, 0.05) is 6.61 Å². The molecule has 0 aromatic heterocycles. The van der Waals surface area contributed by atoms with E-state index in [4.69, 9.17) is 0 Å². The molecule has 0 aromatic rings. The Morgan fingerprint density at radius 2 is 1.47 bits per heavy atom. The van der Waals surface area contributed by atoms with Gasteiger partial charge in [0.15, 0.2) is 0 Å². The van der Waals surface area contributed by atoms with Crippen LogP contribution in [0.2, 0.25) is 0 Å². The van der Waals surface area contributed by atoms with Crippen LogP contribution in [0.5, 0.6) is 0 Å². The highest BCUT2D eigenvalue weighted by atomic mass is 16.3. The Bertz CT molecular complexity index is 257. The molecule has 4 rings (SSSR count). The summed E-state index contributed by atoms with van der Waals surface area (Å²) in [4.78, 5) is 0. The molecule has 4 bridgehead atoms. The number of hydrogen-bond acceptors (Lipinski definition) is 1. The van der Waals surface area contributed by atoms with E-state index in [-0.39, 0.29) is 5.41 Å². The first-order chi connectivity index (χ1) is 8.00. The van der Waals surface area contributed by atoms with Gasteiger partial charge in [0.25, 0.3) is 0 Å². The lowest BCUT2D eigenvalue weighted by Gasteiger charge is -2.57. The van der Waals surface area contributed by atoms with Crippen molar-refractivity contribution >= 4 is 0 Å². The summed E-state index contributed by atoms with van der Waals surface area (Å²) in [5, 5.41) is 9.41. The summed E-state index contributed by atoms with van der Waals surface area (Å²) in [6.07, 6.45) is 11.8. The van der Waals surface area contributed by atoms with Crippen molar-refractivity contribution in [3.8, 4) is 0 Å². The van der Waals surface area contributed by atoms with Gasteiger partial charge >= 0.3 is 0 Å². The van der Waals surface area contributed by atoms with Gasteiger partial charge in [-0.15, -0.1) is 0 Å². The van der Waals surface area contributed by atoms with Crippen LogP contribution in [0.4, 0.5) is 0 Å². The van der Waals surface area contributed by atoms with Crippen molar-refractivity contribution in [3.05, 3.63) is 0 Å². The molecule has 0 unspecified atom stereocenters. The standard InChI is InChI=1S/C16H28O/c1-15(2,11-17)3-4-16-8-12-5-13(9-16)7-14(6-12)10-16/h12-14,17H,3-11H2,1-2H3. The maximum Gasteiger partial charge on any atom is 0.0482 e. The molecular weight excluding hydrogens is 208 g/mol. The zero-order valence-electron chi connectivity index (χ0n) is 11.5. The molecule has 0 heterocycles. The Kier molecular flexibility index (Phi) is 2.81. The second kappa shape index (κ2) is 3.98. The van der Waals surface area contributed by atoms with Gasteiger partial charge in [-0.1, -0.05) is 13.8 Å². The summed E-state index contributed by atoms with van der Waals surface area (Å²) >= 11 is 0. The first kappa shape index (κ1) is 12.0. The van der Waals surface area contributed by atoms with Crippen molar-refractivity contribution in [3.63, 3.8) is 0 Å². The van der Waals surface area contributed by atoms with Gasteiger partial charge in [0.2, 0.25) is 0 Å². The zero-order chi connectivity index (χ0) is 12.1. The highest BCUT2D eigenvalue weighted by Gasteiger charge is 2.50. The molecule has 1 heteroatoms. The third-order valence-electron chi connectivity index (χ3n) is 5.93. The highest BCUT2D eigenvalue weighted by Crippen LogP contribution is 2.62. The van der Waals surface area contributed by atoms with Gasteiger partial charge < -0.3 is 5.11 Å². The maximum absolute atomic E-state index is 9.41. The maximum atomic E-state index is 9.41. The van der Waals surface area contributed by atoms with Crippen molar-refractivity contribution in [2.75, 3.05) is 6.61 Å². The molecule has 0 aliphatic heterocycles. The summed E-state index contributed by atoms with van der Waals surface area (Å²) in [6, 6.07) is 0. The molecule has 4 aliphatic carbocycles. The van der Waals surface area contributed by atoms with E-state index in [1.54, 1.807) is 19.3 Å². The van der Waals surface area contributed by atoms with Crippen molar-refractivity contribution in [2.24, 2.45) is 28.6 Å². The second-order valence-electron chi connectivity index (χ2n) is 8.24. The number of rotatable bonds is 4. The predicted octanol–water partition coefficient (Wildman–Crippen LogP) is 4.00. The molecule has 4 aliphatic rings. The van der Waals surface area contributed by atoms with Crippen LogP contribution in [-0.2, 0) is 0 Å². The van der Waals surface area contributed by atoms with E-state index in [1.165, 1.54) is 32.1 Å². The van der Waals surface area contributed by atoms with Crippen LogP contribution in [-0.4, -0.2) is 11.7 Å². The van der Waals surface area contributed by atoms with Crippen LogP contribution < -0.4 is 0 Å². The van der Waals surface area contributed by atoms with Gasteiger partial charge in [0.1, 0.15) is 0 Å². The van der Waals surface area contributed by atoms with Crippen LogP contribution in [0, 0.1) is 28.6 Å². The van der Waals surface area contributed by atoms with Crippen molar-refractivity contribution < 1.29 is 5.11 Å². The fourth-order valence-corrected chi connectivity index (χ4v) is 5.28. The van der Waals surface area contributed by atoms with Gasteiger partial charge in [-0.2, -0.15) is 0 Å². The molecule has 0 radical (unpaired) electrons. The first-order valence-corrected chi connectivity index (χ1v) is 7.61. The lowest BCUT2D eigenvalue weighted by Crippen LogP contribution is -2.46. The normalized spacial score (nSPS) is 44.3. The van der Waals surface area contributed by atoms with Crippen LogP contribution in [0.15, 0.2) is 0 Å². The zero-order valence-corrected chi connectivity index (χ0v) is 11.5. The van der Waals surface area contributed by atoms with E-state index in [2.05, 4.69) is 13.8 Å². The molecule has 4 saturated carbocycles. The van der Waals surface area contributed by atoms with Gasteiger partial charge in [-0.25, -0.2) is 0 Å². The fraction of sp³-hybridized carbons (Fsp3) is 1.00. The molecule has 1 N–H and O–H groups in total. The summed E-state index contributed by atoms with van der Waals surface area (Å²) in [5.41, 5.74) is 0.838. The van der Waals surface area contributed by atoms with E-state index in [0.717, 1.165) is 17.8 Å². The van der Waals surface area contributed by atoms with Gasteiger partial charge in [0.05, 0.1) is 0 Å². The van der Waals surface area contributed by atoms with E-state index in [9.17, 15) is 5.11 Å². The summed E-state index contributed by atoms with van der Waals surface area (Å²) in [7, 11) is 0. The Morgan fingerprint density at radius 3 is 1.88 bits per heavy atom. The monoisotopic (exact) mass is 236 g/mol. The highest BCUT2D eigenvalue weighted by molar-refractivity contribution is 5.01. The average Bonchev–Trinajstić information content (AvgIpc) is 2.25. The quantitative estimate of drug-likeness (QED) is 0.782. The minimum Gasteiger partial charge on any atom is -0.396 e. The van der Waals surface area contributed by atoms with E-state index >= 15 is 0 Å². The number of hydrogen-bond donors (Lipinski definition) is 1. The minimum atomic E-state index is 0.142. The van der Waals surface area contributed by atoms with E-state index < -0.39 is 0 Å². The molecule has 0 spiro atoms. The van der Waals surface area contributed by atoms with Crippen molar-refractivity contribution in [1.82, 2.24) is 0 Å². The average molecular weight is 236 g/mol. The summed E-state index contributed by atoms with van der Waals surface area (Å²) in [5.74, 6) is 3.20. The lowest BCUT2D eigenvalue weighted by atomic mass is 9.48. The van der Waals surface area contributed by atoms with Crippen LogP contribution in [0.3, 0.4) is 0 Å². The largest absolute Gasteiger partial charge is 0.396 e. The minimum absolute atomic E-state index is 0.142. The van der Waals surface area contributed by atoms with Crippen molar-refractivity contribution in [2.45, 2.75) is 65.2 Å². The van der Waals surface area contributed by atoms with Crippen molar-refractivity contribution in [1.29, 1.82) is 0 Å². The lowest BCUT2D eigenvalue weighted by molar-refractivity contribution is -0.0639. The Labute approximate surface area is 106 Å². The SMILES string of the molecule is CC(C)(CO)CCC12CC3CC(CC(C3)C1)C2. The summed E-state index contributed by atoms with van der Waals surface area (Å²) in [6.45, 7) is 4.78. The van der Waals surface area contributed by atoms with Crippen LogP contribution >= 0.6 is 0 Å². The third kappa shape index (κ3) is 2.28. The summed E-state index contributed by atoms with van der Waals surface area (Å²) < 4.78 is 0. The third-order valence-corrected chi connectivity index (χ3v) is 5.93. The van der Waals surface area contributed by atoms with Gasteiger partial charge in [-0.05, 0) is 80.0 Å². The Morgan fingerprint density at radius 1 is 1.00 bits per heavy atom.